The summed E-state index contributed by atoms with van der Waals surface area (Å²) in [5.74, 6) is 1.52. The van der Waals surface area contributed by atoms with Gasteiger partial charge in [0.1, 0.15) is 0 Å². The van der Waals surface area contributed by atoms with Gasteiger partial charge in [0.15, 0.2) is 11.5 Å². The summed E-state index contributed by atoms with van der Waals surface area (Å²) in [5.41, 5.74) is 6.33. The second-order valence-electron chi connectivity index (χ2n) is 4.79. The second kappa shape index (κ2) is 9.23. The fourth-order valence-electron chi connectivity index (χ4n) is 2.00. The Bertz CT molecular complexity index is 445. The predicted octanol–water partition coefficient (Wildman–Crippen LogP) is 2.80. The SMILES string of the molecule is CCOc1ccc(NC(=O)CC(CC)CN)cc1OCC. The van der Waals surface area contributed by atoms with E-state index >= 15 is 0 Å². The average Bonchev–Trinajstić information content (AvgIpc) is 2.48. The van der Waals surface area contributed by atoms with Crippen LogP contribution in [0, 0.1) is 5.92 Å². The minimum absolute atomic E-state index is 0.0288. The number of rotatable bonds is 9. The van der Waals surface area contributed by atoms with E-state index < -0.39 is 0 Å². The highest BCUT2D eigenvalue weighted by Crippen LogP contribution is 2.30. The number of carbonyl (C=O) groups excluding carboxylic acids is 1. The molecule has 1 unspecified atom stereocenters. The van der Waals surface area contributed by atoms with E-state index in [-0.39, 0.29) is 11.8 Å². The van der Waals surface area contributed by atoms with Crippen LogP contribution in [-0.4, -0.2) is 25.7 Å². The van der Waals surface area contributed by atoms with E-state index in [1.165, 1.54) is 0 Å². The third-order valence-corrected chi connectivity index (χ3v) is 3.21. The van der Waals surface area contributed by atoms with Crippen LogP contribution < -0.4 is 20.5 Å². The van der Waals surface area contributed by atoms with Gasteiger partial charge in [-0.05, 0) is 38.4 Å². The number of hydrogen-bond acceptors (Lipinski definition) is 4. The fourth-order valence-corrected chi connectivity index (χ4v) is 2.00. The van der Waals surface area contributed by atoms with Gasteiger partial charge in [-0.25, -0.2) is 0 Å². The molecular formula is C16H26N2O3. The minimum Gasteiger partial charge on any atom is -0.490 e. The Morgan fingerprint density at radius 3 is 2.43 bits per heavy atom. The highest BCUT2D eigenvalue weighted by atomic mass is 16.5. The van der Waals surface area contributed by atoms with Crippen LogP contribution in [0.1, 0.15) is 33.6 Å². The molecule has 0 saturated heterocycles. The molecular weight excluding hydrogens is 268 g/mol. The lowest BCUT2D eigenvalue weighted by Gasteiger charge is -2.14. The number of anilines is 1. The highest BCUT2D eigenvalue weighted by Gasteiger charge is 2.12. The molecule has 1 aromatic carbocycles. The van der Waals surface area contributed by atoms with Crippen LogP contribution in [0.3, 0.4) is 0 Å². The third kappa shape index (κ3) is 5.63. The monoisotopic (exact) mass is 294 g/mol. The lowest BCUT2D eigenvalue weighted by molar-refractivity contribution is -0.117. The molecule has 0 radical (unpaired) electrons. The van der Waals surface area contributed by atoms with Crippen molar-refractivity contribution in [3.05, 3.63) is 18.2 Å². The predicted molar refractivity (Wildman–Crippen MR) is 84.9 cm³/mol. The van der Waals surface area contributed by atoms with E-state index in [1.807, 2.05) is 32.9 Å². The van der Waals surface area contributed by atoms with Crippen LogP contribution in [0.25, 0.3) is 0 Å². The second-order valence-corrected chi connectivity index (χ2v) is 4.79. The zero-order valence-electron chi connectivity index (χ0n) is 13.1. The molecule has 21 heavy (non-hydrogen) atoms. The van der Waals surface area contributed by atoms with Crippen LogP contribution >= 0.6 is 0 Å². The zero-order valence-corrected chi connectivity index (χ0v) is 13.1. The standard InChI is InChI=1S/C16H26N2O3/c1-4-12(11-17)9-16(19)18-13-7-8-14(20-5-2)15(10-13)21-6-3/h7-8,10,12H,4-6,9,11,17H2,1-3H3,(H,18,19). The van der Waals surface area contributed by atoms with Gasteiger partial charge in [-0.15, -0.1) is 0 Å². The maximum absolute atomic E-state index is 12.0. The number of ether oxygens (including phenoxy) is 2. The summed E-state index contributed by atoms with van der Waals surface area (Å²) in [6.07, 6.45) is 1.33. The number of hydrogen-bond donors (Lipinski definition) is 2. The van der Waals surface area contributed by atoms with Crippen molar-refractivity contribution in [3.63, 3.8) is 0 Å². The summed E-state index contributed by atoms with van der Waals surface area (Å²) in [6, 6.07) is 5.41. The van der Waals surface area contributed by atoms with E-state index in [4.69, 9.17) is 15.2 Å². The van der Waals surface area contributed by atoms with Crippen LogP contribution in [0.2, 0.25) is 0 Å². The van der Waals surface area contributed by atoms with E-state index in [2.05, 4.69) is 5.32 Å². The maximum Gasteiger partial charge on any atom is 0.224 e. The number of nitrogens with one attached hydrogen (secondary N) is 1. The molecule has 0 heterocycles. The van der Waals surface area contributed by atoms with Crippen LogP contribution in [0.15, 0.2) is 18.2 Å². The van der Waals surface area contributed by atoms with Gasteiger partial charge in [0.2, 0.25) is 5.91 Å². The molecule has 0 saturated carbocycles. The van der Waals surface area contributed by atoms with Gasteiger partial charge in [0.05, 0.1) is 13.2 Å². The van der Waals surface area contributed by atoms with Crippen molar-refractivity contribution in [1.82, 2.24) is 0 Å². The molecule has 118 valence electrons. The van der Waals surface area contributed by atoms with Crippen LogP contribution in [0.4, 0.5) is 5.69 Å². The molecule has 1 atom stereocenters. The lowest BCUT2D eigenvalue weighted by Crippen LogP contribution is -2.21. The third-order valence-electron chi connectivity index (χ3n) is 3.21. The fraction of sp³-hybridized carbons (Fsp3) is 0.562. The molecule has 1 rings (SSSR count). The molecule has 0 aromatic heterocycles. The van der Waals surface area contributed by atoms with Crippen molar-refractivity contribution in [2.24, 2.45) is 11.7 Å². The maximum atomic E-state index is 12.0. The van der Waals surface area contributed by atoms with Gasteiger partial charge in [0, 0.05) is 18.2 Å². The molecule has 1 amide bonds. The molecule has 0 aliphatic heterocycles. The Balaban J connectivity index is 2.74. The Morgan fingerprint density at radius 1 is 1.19 bits per heavy atom. The van der Waals surface area contributed by atoms with E-state index in [0.29, 0.717) is 43.4 Å². The molecule has 0 aliphatic rings. The Morgan fingerprint density at radius 2 is 1.86 bits per heavy atom. The first-order valence-corrected chi connectivity index (χ1v) is 7.54. The smallest absolute Gasteiger partial charge is 0.224 e. The van der Waals surface area contributed by atoms with Gasteiger partial charge < -0.3 is 20.5 Å². The number of carbonyl (C=O) groups is 1. The molecule has 5 heteroatoms. The molecule has 0 spiro atoms. The molecule has 0 fully saturated rings. The summed E-state index contributed by atoms with van der Waals surface area (Å²) in [5, 5.41) is 2.88. The van der Waals surface area contributed by atoms with Crippen molar-refractivity contribution < 1.29 is 14.3 Å². The minimum atomic E-state index is -0.0288. The van der Waals surface area contributed by atoms with E-state index in [0.717, 1.165) is 6.42 Å². The van der Waals surface area contributed by atoms with Crippen molar-refractivity contribution in [1.29, 1.82) is 0 Å². The van der Waals surface area contributed by atoms with Gasteiger partial charge in [-0.1, -0.05) is 13.3 Å². The summed E-state index contributed by atoms with van der Waals surface area (Å²) in [4.78, 5) is 12.0. The van der Waals surface area contributed by atoms with Crippen molar-refractivity contribution >= 4 is 11.6 Å². The van der Waals surface area contributed by atoms with Crippen molar-refractivity contribution in [2.45, 2.75) is 33.6 Å². The highest BCUT2D eigenvalue weighted by molar-refractivity contribution is 5.91. The largest absolute Gasteiger partial charge is 0.490 e. The lowest BCUT2D eigenvalue weighted by atomic mass is 10.0. The summed E-state index contributed by atoms with van der Waals surface area (Å²) in [6.45, 7) is 7.51. The van der Waals surface area contributed by atoms with Crippen LogP contribution in [-0.2, 0) is 4.79 Å². The summed E-state index contributed by atoms with van der Waals surface area (Å²) in [7, 11) is 0. The first kappa shape index (κ1) is 17.3. The summed E-state index contributed by atoms with van der Waals surface area (Å²) >= 11 is 0. The number of benzene rings is 1. The van der Waals surface area contributed by atoms with Crippen molar-refractivity contribution in [3.8, 4) is 11.5 Å². The van der Waals surface area contributed by atoms with Crippen LogP contribution in [0.5, 0.6) is 11.5 Å². The van der Waals surface area contributed by atoms with Gasteiger partial charge >= 0.3 is 0 Å². The van der Waals surface area contributed by atoms with Gasteiger partial charge in [0.25, 0.3) is 0 Å². The quantitative estimate of drug-likeness (QED) is 0.734. The molecule has 1 aromatic rings. The summed E-state index contributed by atoms with van der Waals surface area (Å²) < 4.78 is 11.0. The first-order chi connectivity index (χ1) is 10.1. The molecule has 5 nitrogen and oxygen atoms in total. The molecule has 0 bridgehead atoms. The zero-order chi connectivity index (χ0) is 15.7. The topological polar surface area (TPSA) is 73.6 Å². The van der Waals surface area contributed by atoms with Crippen molar-refractivity contribution in [2.75, 3.05) is 25.1 Å². The first-order valence-electron chi connectivity index (χ1n) is 7.54. The van der Waals surface area contributed by atoms with E-state index in [9.17, 15) is 4.79 Å². The van der Waals surface area contributed by atoms with Gasteiger partial charge in [-0.3, -0.25) is 4.79 Å². The normalized spacial score (nSPS) is 11.8. The van der Waals surface area contributed by atoms with Gasteiger partial charge in [-0.2, -0.15) is 0 Å². The average molecular weight is 294 g/mol. The Labute approximate surface area is 126 Å². The molecule has 0 aliphatic carbocycles. The number of amides is 1. The Hall–Kier alpha value is -1.75. The Kier molecular flexibility index (Phi) is 7.61. The number of nitrogens with two attached hydrogens (primary N) is 1. The van der Waals surface area contributed by atoms with E-state index in [1.54, 1.807) is 6.07 Å². The molecule has 3 N–H and O–H groups in total.